The third-order valence-corrected chi connectivity index (χ3v) is 4.18. The SMILES string of the molecule is CCC(CC)(CC)N(C)Cc1ccc(N)cc1. The zero-order chi connectivity index (χ0) is 12.9. The van der Waals surface area contributed by atoms with Gasteiger partial charge in [-0.05, 0) is 44.0 Å². The van der Waals surface area contributed by atoms with Crippen molar-refractivity contribution in [2.45, 2.75) is 52.1 Å². The predicted octanol–water partition coefficient (Wildman–Crippen LogP) is 3.67. The lowest BCUT2D eigenvalue weighted by molar-refractivity contribution is 0.0952. The molecule has 0 saturated carbocycles. The molecule has 0 fully saturated rings. The summed E-state index contributed by atoms with van der Waals surface area (Å²) in [5.41, 5.74) is 8.21. The van der Waals surface area contributed by atoms with E-state index in [0.29, 0.717) is 5.54 Å². The molecule has 0 saturated heterocycles. The van der Waals surface area contributed by atoms with Crippen molar-refractivity contribution in [1.82, 2.24) is 4.90 Å². The molecule has 0 aliphatic heterocycles. The Hall–Kier alpha value is -1.02. The summed E-state index contributed by atoms with van der Waals surface area (Å²) >= 11 is 0. The molecular weight excluding hydrogens is 208 g/mol. The predicted molar refractivity (Wildman–Crippen MR) is 75.9 cm³/mol. The van der Waals surface area contributed by atoms with E-state index < -0.39 is 0 Å². The zero-order valence-electron chi connectivity index (χ0n) is 11.7. The first-order valence-corrected chi connectivity index (χ1v) is 6.63. The molecule has 0 radical (unpaired) electrons. The maximum absolute atomic E-state index is 5.71. The highest BCUT2D eigenvalue weighted by Crippen LogP contribution is 2.27. The quantitative estimate of drug-likeness (QED) is 0.761. The number of anilines is 1. The summed E-state index contributed by atoms with van der Waals surface area (Å²) in [5, 5.41) is 0. The van der Waals surface area contributed by atoms with Gasteiger partial charge in [-0.1, -0.05) is 32.9 Å². The lowest BCUT2D eigenvalue weighted by atomic mass is 9.88. The highest BCUT2D eigenvalue weighted by Gasteiger charge is 2.28. The molecule has 0 heterocycles. The fourth-order valence-corrected chi connectivity index (χ4v) is 2.62. The first-order valence-electron chi connectivity index (χ1n) is 6.63. The second kappa shape index (κ2) is 6.06. The van der Waals surface area contributed by atoms with E-state index in [1.807, 2.05) is 12.1 Å². The van der Waals surface area contributed by atoms with Gasteiger partial charge in [-0.3, -0.25) is 4.90 Å². The van der Waals surface area contributed by atoms with Crippen molar-refractivity contribution >= 4 is 5.69 Å². The minimum atomic E-state index is 0.335. The molecule has 1 aromatic carbocycles. The Kier molecular flexibility index (Phi) is 5.01. The molecule has 0 aromatic heterocycles. The van der Waals surface area contributed by atoms with Gasteiger partial charge in [0.15, 0.2) is 0 Å². The molecule has 0 aliphatic carbocycles. The maximum Gasteiger partial charge on any atom is 0.0314 e. The van der Waals surface area contributed by atoms with Crippen LogP contribution in [0.15, 0.2) is 24.3 Å². The van der Waals surface area contributed by atoms with Crippen LogP contribution in [0.2, 0.25) is 0 Å². The van der Waals surface area contributed by atoms with Crippen molar-refractivity contribution in [1.29, 1.82) is 0 Å². The van der Waals surface area contributed by atoms with Gasteiger partial charge in [-0.15, -0.1) is 0 Å². The van der Waals surface area contributed by atoms with E-state index in [1.54, 1.807) is 0 Å². The van der Waals surface area contributed by atoms with Gasteiger partial charge in [-0.25, -0.2) is 0 Å². The summed E-state index contributed by atoms with van der Waals surface area (Å²) in [4.78, 5) is 2.48. The molecule has 96 valence electrons. The largest absolute Gasteiger partial charge is 0.399 e. The Morgan fingerprint density at radius 2 is 1.47 bits per heavy atom. The van der Waals surface area contributed by atoms with E-state index in [0.717, 1.165) is 12.2 Å². The van der Waals surface area contributed by atoms with Gasteiger partial charge in [0.05, 0.1) is 0 Å². The van der Waals surface area contributed by atoms with Crippen LogP contribution >= 0.6 is 0 Å². The molecule has 0 spiro atoms. The second-order valence-electron chi connectivity index (χ2n) is 4.88. The Labute approximate surface area is 106 Å². The Balaban J connectivity index is 2.76. The van der Waals surface area contributed by atoms with E-state index in [2.05, 4.69) is 44.9 Å². The molecule has 2 N–H and O–H groups in total. The maximum atomic E-state index is 5.71. The van der Waals surface area contributed by atoms with E-state index in [9.17, 15) is 0 Å². The monoisotopic (exact) mass is 234 g/mol. The summed E-state index contributed by atoms with van der Waals surface area (Å²) in [6.07, 6.45) is 3.60. The van der Waals surface area contributed by atoms with E-state index in [1.165, 1.54) is 24.8 Å². The molecule has 0 unspecified atom stereocenters. The molecule has 17 heavy (non-hydrogen) atoms. The van der Waals surface area contributed by atoms with Gasteiger partial charge >= 0.3 is 0 Å². The summed E-state index contributed by atoms with van der Waals surface area (Å²) < 4.78 is 0. The molecule has 1 rings (SSSR count). The van der Waals surface area contributed by atoms with Crippen LogP contribution in [-0.2, 0) is 6.54 Å². The molecule has 1 aromatic rings. The molecule has 2 heteroatoms. The number of nitrogens with two attached hydrogens (primary N) is 1. The van der Waals surface area contributed by atoms with Crippen LogP contribution in [0.25, 0.3) is 0 Å². The van der Waals surface area contributed by atoms with Crippen molar-refractivity contribution in [2.24, 2.45) is 0 Å². The zero-order valence-corrected chi connectivity index (χ0v) is 11.7. The Morgan fingerprint density at radius 3 is 1.88 bits per heavy atom. The summed E-state index contributed by atoms with van der Waals surface area (Å²) in [7, 11) is 2.23. The number of hydrogen-bond donors (Lipinski definition) is 1. The fraction of sp³-hybridized carbons (Fsp3) is 0.600. The first kappa shape index (κ1) is 14.0. The van der Waals surface area contributed by atoms with Crippen molar-refractivity contribution in [3.63, 3.8) is 0 Å². The van der Waals surface area contributed by atoms with Crippen LogP contribution in [0.3, 0.4) is 0 Å². The summed E-state index contributed by atoms with van der Waals surface area (Å²) in [5.74, 6) is 0. The average molecular weight is 234 g/mol. The van der Waals surface area contributed by atoms with Crippen LogP contribution in [-0.4, -0.2) is 17.5 Å². The van der Waals surface area contributed by atoms with Crippen LogP contribution in [0.1, 0.15) is 45.6 Å². The summed E-state index contributed by atoms with van der Waals surface area (Å²) in [6, 6.07) is 8.21. The lowest BCUT2D eigenvalue weighted by Crippen LogP contribution is -2.44. The molecule has 0 bridgehead atoms. The van der Waals surface area contributed by atoms with Crippen molar-refractivity contribution in [2.75, 3.05) is 12.8 Å². The number of rotatable bonds is 6. The van der Waals surface area contributed by atoms with Crippen molar-refractivity contribution < 1.29 is 0 Å². The van der Waals surface area contributed by atoms with E-state index in [4.69, 9.17) is 5.73 Å². The number of benzene rings is 1. The normalized spacial score (nSPS) is 12.1. The smallest absolute Gasteiger partial charge is 0.0314 e. The average Bonchev–Trinajstić information content (AvgIpc) is 2.35. The molecule has 0 atom stereocenters. The fourth-order valence-electron chi connectivity index (χ4n) is 2.62. The van der Waals surface area contributed by atoms with Crippen LogP contribution < -0.4 is 5.73 Å². The van der Waals surface area contributed by atoms with E-state index in [-0.39, 0.29) is 0 Å². The van der Waals surface area contributed by atoms with Gasteiger partial charge in [0, 0.05) is 17.8 Å². The Bertz CT molecular complexity index is 317. The highest BCUT2D eigenvalue weighted by molar-refractivity contribution is 5.39. The van der Waals surface area contributed by atoms with Gasteiger partial charge in [-0.2, -0.15) is 0 Å². The topological polar surface area (TPSA) is 29.3 Å². The molecule has 2 nitrogen and oxygen atoms in total. The molecule has 0 amide bonds. The minimum absolute atomic E-state index is 0.335. The number of nitrogens with zero attached hydrogens (tertiary/aromatic N) is 1. The lowest BCUT2D eigenvalue weighted by Gasteiger charge is -2.40. The van der Waals surface area contributed by atoms with Crippen molar-refractivity contribution in [3.8, 4) is 0 Å². The van der Waals surface area contributed by atoms with Crippen molar-refractivity contribution in [3.05, 3.63) is 29.8 Å². The number of nitrogen functional groups attached to an aromatic ring is 1. The second-order valence-corrected chi connectivity index (χ2v) is 4.88. The molecule has 0 aliphatic rings. The minimum Gasteiger partial charge on any atom is -0.399 e. The van der Waals surface area contributed by atoms with Gasteiger partial charge in [0.1, 0.15) is 0 Å². The van der Waals surface area contributed by atoms with Gasteiger partial charge in [0.25, 0.3) is 0 Å². The van der Waals surface area contributed by atoms with Gasteiger partial charge in [0.2, 0.25) is 0 Å². The third-order valence-electron chi connectivity index (χ3n) is 4.18. The summed E-state index contributed by atoms with van der Waals surface area (Å²) in [6.45, 7) is 7.85. The standard InChI is InChI=1S/C15H26N2/c1-5-15(6-2,7-3)17(4)12-13-8-10-14(16)11-9-13/h8-11H,5-7,12,16H2,1-4H3. The van der Waals surface area contributed by atoms with Crippen LogP contribution in [0, 0.1) is 0 Å². The molecular formula is C15H26N2. The third kappa shape index (κ3) is 3.22. The van der Waals surface area contributed by atoms with Crippen LogP contribution in [0.4, 0.5) is 5.69 Å². The van der Waals surface area contributed by atoms with Gasteiger partial charge < -0.3 is 5.73 Å². The first-order chi connectivity index (χ1) is 8.07. The van der Waals surface area contributed by atoms with E-state index >= 15 is 0 Å². The Morgan fingerprint density at radius 1 is 1.00 bits per heavy atom. The van der Waals surface area contributed by atoms with Crippen LogP contribution in [0.5, 0.6) is 0 Å². The highest BCUT2D eigenvalue weighted by atomic mass is 15.2. The number of hydrogen-bond acceptors (Lipinski definition) is 2.